The van der Waals surface area contributed by atoms with Gasteiger partial charge in [0.1, 0.15) is 0 Å². The zero-order valence-electron chi connectivity index (χ0n) is 9.83. The molecule has 0 aromatic heterocycles. The Labute approximate surface area is 102 Å². The summed E-state index contributed by atoms with van der Waals surface area (Å²) in [6.07, 6.45) is 11.5. The zero-order chi connectivity index (χ0) is 11.8. The van der Waals surface area contributed by atoms with Crippen molar-refractivity contribution in [1.82, 2.24) is 0 Å². The number of benzene rings is 1. The monoisotopic (exact) mass is 227 g/mol. The van der Waals surface area contributed by atoms with Gasteiger partial charge in [-0.15, -0.1) is 0 Å². The standard InChI is InChI=1S/C15H17NO/c1-3-8-14(9-4-1)10-7-13-17-15-11-5-2-6-12-16-15/h1-6,8-9,11-12,15H,7,10,13H2. The van der Waals surface area contributed by atoms with Gasteiger partial charge < -0.3 is 4.74 Å². The molecule has 0 spiro atoms. The third-order valence-electron chi connectivity index (χ3n) is 2.56. The molecule has 1 atom stereocenters. The van der Waals surface area contributed by atoms with E-state index in [4.69, 9.17) is 4.74 Å². The highest BCUT2D eigenvalue weighted by Crippen LogP contribution is 2.05. The average molecular weight is 227 g/mol. The first-order valence-electron chi connectivity index (χ1n) is 5.97. The number of hydrogen-bond acceptors (Lipinski definition) is 2. The van der Waals surface area contributed by atoms with Crippen LogP contribution in [0.25, 0.3) is 0 Å². The van der Waals surface area contributed by atoms with Gasteiger partial charge in [0.05, 0.1) is 0 Å². The number of rotatable bonds is 5. The lowest BCUT2D eigenvalue weighted by molar-refractivity contribution is 0.0900. The predicted molar refractivity (Wildman–Crippen MR) is 71.3 cm³/mol. The van der Waals surface area contributed by atoms with Crippen molar-refractivity contribution in [1.29, 1.82) is 0 Å². The second-order valence-electron chi connectivity index (χ2n) is 3.92. The molecule has 0 N–H and O–H groups in total. The first-order chi connectivity index (χ1) is 8.45. The molecule has 1 heterocycles. The van der Waals surface area contributed by atoms with Crippen LogP contribution in [0, 0.1) is 0 Å². The van der Waals surface area contributed by atoms with Crippen molar-refractivity contribution in [3.63, 3.8) is 0 Å². The lowest BCUT2D eigenvalue weighted by atomic mass is 10.1. The van der Waals surface area contributed by atoms with E-state index in [0.29, 0.717) is 0 Å². The van der Waals surface area contributed by atoms with Gasteiger partial charge in [-0.25, -0.2) is 0 Å². The summed E-state index contributed by atoms with van der Waals surface area (Å²) in [5.74, 6) is 0. The fraction of sp³-hybridized carbons (Fsp3) is 0.267. The van der Waals surface area contributed by atoms with Crippen LogP contribution in [0.3, 0.4) is 0 Å². The molecule has 88 valence electrons. The molecule has 0 saturated carbocycles. The van der Waals surface area contributed by atoms with E-state index >= 15 is 0 Å². The van der Waals surface area contributed by atoms with Crippen LogP contribution in [0.15, 0.2) is 59.6 Å². The maximum Gasteiger partial charge on any atom is 0.167 e. The number of aryl methyl sites for hydroxylation is 1. The van der Waals surface area contributed by atoms with Crippen molar-refractivity contribution in [2.75, 3.05) is 6.61 Å². The van der Waals surface area contributed by atoms with Crippen molar-refractivity contribution >= 4 is 6.21 Å². The molecule has 1 aliphatic heterocycles. The first-order valence-corrected chi connectivity index (χ1v) is 5.97. The van der Waals surface area contributed by atoms with Crippen LogP contribution in [-0.4, -0.2) is 19.0 Å². The van der Waals surface area contributed by atoms with Crippen LogP contribution < -0.4 is 0 Å². The van der Waals surface area contributed by atoms with E-state index in [0.717, 1.165) is 19.4 Å². The molecule has 1 aromatic carbocycles. The van der Waals surface area contributed by atoms with Crippen molar-refractivity contribution in [2.24, 2.45) is 4.99 Å². The van der Waals surface area contributed by atoms with Crippen molar-refractivity contribution in [3.8, 4) is 0 Å². The van der Waals surface area contributed by atoms with Gasteiger partial charge in [0.15, 0.2) is 6.23 Å². The zero-order valence-corrected chi connectivity index (χ0v) is 9.83. The van der Waals surface area contributed by atoms with Gasteiger partial charge in [0.2, 0.25) is 0 Å². The Balaban J connectivity index is 1.67. The maximum absolute atomic E-state index is 5.66. The molecule has 1 aliphatic rings. The van der Waals surface area contributed by atoms with Crippen LogP contribution in [0.1, 0.15) is 12.0 Å². The van der Waals surface area contributed by atoms with Crippen molar-refractivity contribution in [3.05, 3.63) is 60.2 Å². The molecule has 0 bridgehead atoms. The Morgan fingerprint density at radius 3 is 2.82 bits per heavy atom. The number of nitrogens with zero attached hydrogens (tertiary/aromatic N) is 1. The number of hydrogen-bond donors (Lipinski definition) is 0. The van der Waals surface area contributed by atoms with Crippen LogP contribution in [0.2, 0.25) is 0 Å². The fourth-order valence-corrected chi connectivity index (χ4v) is 1.68. The molecule has 0 saturated heterocycles. The molecule has 1 aromatic rings. The summed E-state index contributed by atoms with van der Waals surface area (Å²) in [5, 5.41) is 0. The Kier molecular flexibility index (Phi) is 4.73. The highest BCUT2D eigenvalue weighted by Gasteiger charge is 2.01. The number of ether oxygens (including phenoxy) is 1. The van der Waals surface area contributed by atoms with Gasteiger partial charge in [-0.05, 0) is 30.6 Å². The molecule has 2 nitrogen and oxygen atoms in total. The summed E-state index contributed by atoms with van der Waals surface area (Å²) in [4.78, 5) is 4.25. The minimum atomic E-state index is -0.124. The minimum absolute atomic E-state index is 0.124. The highest BCUT2D eigenvalue weighted by atomic mass is 16.5. The summed E-state index contributed by atoms with van der Waals surface area (Å²) in [7, 11) is 0. The van der Waals surface area contributed by atoms with E-state index in [9.17, 15) is 0 Å². The van der Waals surface area contributed by atoms with Crippen molar-refractivity contribution in [2.45, 2.75) is 19.1 Å². The summed E-state index contributed by atoms with van der Waals surface area (Å²) in [6.45, 7) is 0.737. The lowest BCUT2D eigenvalue weighted by Crippen LogP contribution is -2.08. The molecule has 0 fully saturated rings. The summed E-state index contributed by atoms with van der Waals surface area (Å²) < 4.78 is 5.66. The SMILES string of the molecule is C1=CC=NC(OCCCc2ccccc2)C=C1. The van der Waals surface area contributed by atoms with E-state index in [1.165, 1.54) is 5.56 Å². The average Bonchev–Trinajstić information content (AvgIpc) is 2.65. The van der Waals surface area contributed by atoms with Gasteiger partial charge in [0.25, 0.3) is 0 Å². The number of aliphatic imine (C=N–C) groups is 1. The first kappa shape index (κ1) is 11.8. The van der Waals surface area contributed by atoms with Gasteiger partial charge in [-0.3, -0.25) is 4.99 Å². The molecule has 0 aliphatic carbocycles. The highest BCUT2D eigenvalue weighted by molar-refractivity contribution is 5.72. The third-order valence-corrected chi connectivity index (χ3v) is 2.56. The Bertz CT molecular complexity index is 390. The Hall–Kier alpha value is -1.67. The smallest absolute Gasteiger partial charge is 0.167 e. The second kappa shape index (κ2) is 6.81. The van der Waals surface area contributed by atoms with E-state index in [2.05, 4.69) is 29.3 Å². The molecular weight excluding hydrogens is 210 g/mol. The molecule has 2 rings (SSSR count). The van der Waals surface area contributed by atoms with E-state index in [1.54, 1.807) is 6.21 Å². The molecular formula is C15H17NO. The summed E-state index contributed by atoms with van der Waals surface area (Å²) >= 11 is 0. The van der Waals surface area contributed by atoms with Gasteiger partial charge in [-0.2, -0.15) is 0 Å². The topological polar surface area (TPSA) is 21.6 Å². The lowest BCUT2D eigenvalue weighted by Gasteiger charge is -2.08. The van der Waals surface area contributed by atoms with Crippen LogP contribution in [0.4, 0.5) is 0 Å². The summed E-state index contributed by atoms with van der Waals surface area (Å²) in [6, 6.07) is 10.5. The van der Waals surface area contributed by atoms with Crippen LogP contribution >= 0.6 is 0 Å². The van der Waals surface area contributed by atoms with E-state index < -0.39 is 0 Å². The predicted octanol–water partition coefficient (Wildman–Crippen LogP) is 3.16. The van der Waals surface area contributed by atoms with Crippen LogP contribution in [0.5, 0.6) is 0 Å². The van der Waals surface area contributed by atoms with E-state index in [1.807, 2.05) is 30.4 Å². The molecule has 2 heteroatoms. The Morgan fingerprint density at radius 2 is 1.94 bits per heavy atom. The largest absolute Gasteiger partial charge is 0.353 e. The fourth-order valence-electron chi connectivity index (χ4n) is 1.68. The normalized spacial score (nSPS) is 18.2. The molecule has 17 heavy (non-hydrogen) atoms. The van der Waals surface area contributed by atoms with Gasteiger partial charge in [0, 0.05) is 12.8 Å². The van der Waals surface area contributed by atoms with Gasteiger partial charge in [-0.1, -0.05) is 42.5 Å². The molecule has 1 unspecified atom stereocenters. The van der Waals surface area contributed by atoms with Gasteiger partial charge >= 0.3 is 0 Å². The molecule has 0 amide bonds. The second-order valence-corrected chi connectivity index (χ2v) is 3.92. The summed E-state index contributed by atoms with van der Waals surface area (Å²) in [5.41, 5.74) is 1.36. The van der Waals surface area contributed by atoms with E-state index in [-0.39, 0.29) is 6.23 Å². The van der Waals surface area contributed by atoms with Crippen molar-refractivity contribution < 1.29 is 4.74 Å². The quantitative estimate of drug-likeness (QED) is 0.708. The minimum Gasteiger partial charge on any atom is -0.353 e. The number of allylic oxidation sites excluding steroid dienone is 3. The third kappa shape index (κ3) is 4.37. The molecule has 0 radical (unpaired) electrons. The maximum atomic E-state index is 5.66. The Morgan fingerprint density at radius 1 is 1.06 bits per heavy atom. The van der Waals surface area contributed by atoms with Crippen LogP contribution in [-0.2, 0) is 11.2 Å².